The van der Waals surface area contributed by atoms with Crippen molar-refractivity contribution in [2.45, 2.75) is 26.3 Å². The van der Waals surface area contributed by atoms with E-state index in [0.29, 0.717) is 5.92 Å². The average molecular weight is 277 g/mol. The van der Waals surface area contributed by atoms with Crippen molar-refractivity contribution in [1.29, 1.82) is 0 Å². The summed E-state index contributed by atoms with van der Waals surface area (Å²) in [7, 11) is 4.26. The SMILES string of the molecule is CC(C)CN(CCC(N)c1ccccc1)CCN(C)C. The average Bonchev–Trinajstić information content (AvgIpc) is 2.42. The first-order chi connectivity index (χ1) is 9.49. The Bertz CT molecular complexity index is 349. The number of hydrogen-bond acceptors (Lipinski definition) is 3. The summed E-state index contributed by atoms with van der Waals surface area (Å²) in [4.78, 5) is 4.78. The molecule has 1 rings (SSSR count). The van der Waals surface area contributed by atoms with Crippen LogP contribution in [0.15, 0.2) is 30.3 Å². The maximum Gasteiger partial charge on any atom is 0.0307 e. The van der Waals surface area contributed by atoms with Crippen LogP contribution in [0.2, 0.25) is 0 Å². The summed E-state index contributed by atoms with van der Waals surface area (Å²) >= 11 is 0. The van der Waals surface area contributed by atoms with E-state index in [2.05, 4.69) is 62.0 Å². The van der Waals surface area contributed by atoms with Crippen LogP contribution in [0, 0.1) is 5.92 Å². The molecule has 0 saturated carbocycles. The molecule has 0 aliphatic carbocycles. The van der Waals surface area contributed by atoms with E-state index in [9.17, 15) is 0 Å². The van der Waals surface area contributed by atoms with Crippen molar-refractivity contribution in [1.82, 2.24) is 9.80 Å². The van der Waals surface area contributed by atoms with Crippen molar-refractivity contribution < 1.29 is 0 Å². The molecule has 114 valence electrons. The van der Waals surface area contributed by atoms with Crippen molar-refractivity contribution in [3.63, 3.8) is 0 Å². The zero-order valence-electron chi connectivity index (χ0n) is 13.5. The Morgan fingerprint density at radius 2 is 1.65 bits per heavy atom. The lowest BCUT2D eigenvalue weighted by molar-refractivity contribution is 0.212. The van der Waals surface area contributed by atoms with Crippen LogP contribution in [0.3, 0.4) is 0 Å². The fourth-order valence-electron chi connectivity index (χ4n) is 2.34. The monoisotopic (exact) mass is 277 g/mol. The number of nitrogens with zero attached hydrogens (tertiary/aromatic N) is 2. The van der Waals surface area contributed by atoms with Gasteiger partial charge in [0, 0.05) is 25.7 Å². The Labute approximate surface area is 124 Å². The van der Waals surface area contributed by atoms with E-state index in [1.54, 1.807) is 0 Å². The minimum absolute atomic E-state index is 0.144. The molecule has 1 unspecified atom stereocenters. The van der Waals surface area contributed by atoms with Crippen LogP contribution in [0.4, 0.5) is 0 Å². The summed E-state index contributed by atoms with van der Waals surface area (Å²) in [5.41, 5.74) is 7.53. The van der Waals surface area contributed by atoms with Gasteiger partial charge in [0.1, 0.15) is 0 Å². The molecule has 2 N–H and O–H groups in total. The second kappa shape index (κ2) is 9.11. The van der Waals surface area contributed by atoms with Crippen LogP contribution in [-0.2, 0) is 0 Å². The normalized spacial score (nSPS) is 13.4. The molecular formula is C17H31N3. The van der Waals surface area contributed by atoms with Gasteiger partial charge in [0.05, 0.1) is 0 Å². The highest BCUT2D eigenvalue weighted by Crippen LogP contribution is 2.14. The quantitative estimate of drug-likeness (QED) is 0.753. The summed E-state index contributed by atoms with van der Waals surface area (Å²) in [5.74, 6) is 0.699. The van der Waals surface area contributed by atoms with E-state index in [1.165, 1.54) is 5.56 Å². The molecule has 3 heteroatoms. The number of rotatable bonds is 9. The molecule has 0 radical (unpaired) electrons. The van der Waals surface area contributed by atoms with Gasteiger partial charge in [-0.2, -0.15) is 0 Å². The smallest absolute Gasteiger partial charge is 0.0307 e. The third-order valence-electron chi connectivity index (χ3n) is 3.47. The maximum atomic E-state index is 6.29. The Hall–Kier alpha value is -0.900. The van der Waals surface area contributed by atoms with Crippen LogP contribution in [0.1, 0.15) is 31.9 Å². The largest absolute Gasteiger partial charge is 0.324 e. The summed E-state index contributed by atoms with van der Waals surface area (Å²) in [6, 6.07) is 10.6. The van der Waals surface area contributed by atoms with E-state index < -0.39 is 0 Å². The van der Waals surface area contributed by atoms with Crippen molar-refractivity contribution >= 4 is 0 Å². The highest BCUT2D eigenvalue weighted by molar-refractivity contribution is 5.18. The van der Waals surface area contributed by atoms with E-state index in [-0.39, 0.29) is 6.04 Å². The molecule has 0 aliphatic heterocycles. The molecule has 3 nitrogen and oxygen atoms in total. The molecule has 1 atom stereocenters. The van der Waals surface area contributed by atoms with Crippen molar-refractivity contribution in [3.8, 4) is 0 Å². The van der Waals surface area contributed by atoms with Crippen LogP contribution in [0.25, 0.3) is 0 Å². The molecule has 0 aromatic heterocycles. The van der Waals surface area contributed by atoms with Crippen LogP contribution in [0.5, 0.6) is 0 Å². The summed E-state index contributed by atoms with van der Waals surface area (Å²) in [5, 5.41) is 0. The van der Waals surface area contributed by atoms with Gasteiger partial charge in [-0.1, -0.05) is 44.2 Å². The summed E-state index contributed by atoms with van der Waals surface area (Å²) in [6.45, 7) is 9.00. The van der Waals surface area contributed by atoms with Crippen LogP contribution in [-0.4, -0.2) is 50.1 Å². The van der Waals surface area contributed by atoms with E-state index in [4.69, 9.17) is 5.73 Å². The fraction of sp³-hybridized carbons (Fsp3) is 0.647. The minimum Gasteiger partial charge on any atom is -0.324 e. The van der Waals surface area contributed by atoms with Gasteiger partial charge < -0.3 is 15.5 Å². The molecule has 20 heavy (non-hydrogen) atoms. The van der Waals surface area contributed by atoms with Crippen molar-refractivity contribution in [2.24, 2.45) is 11.7 Å². The molecule has 1 aromatic rings. The van der Waals surface area contributed by atoms with Crippen molar-refractivity contribution in [3.05, 3.63) is 35.9 Å². The Kier molecular flexibility index (Phi) is 7.82. The van der Waals surface area contributed by atoms with Gasteiger partial charge in [-0.3, -0.25) is 0 Å². The number of nitrogens with two attached hydrogens (primary N) is 1. The first-order valence-electron chi connectivity index (χ1n) is 7.66. The Morgan fingerprint density at radius 3 is 2.20 bits per heavy atom. The fourth-order valence-corrected chi connectivity index (χ4v) is 2.34. The summed E-state index contributed by atoms with van der Waals surface area (Å²) < 4.78 is 0. The molecule has 0 spiro atoms. The lowest BCUT2D eigenvalue weighted by Crippen LogP contribution is -2.36. The molecule has 0 saturated heterocycles. The molecule has 0 heterocycles. The molecule has 0 amide bonds. The molecule has 0 aliphatic rings. The Morgan fingerprint density at radius 1 is 1.00 bits per heavy atom. The number of benzene rings is 1. The predicted octanol–water partition coefficient (Wildman–Crippen LogP) is 2.60. The van der Waals surface area contributed by atoms with Gasteiger partial charge >= 0.3 is 0 Å². The van der Waals surface area contributed by atoms with Gasteiger partial charge in [0.25, 0.3) is 0 Å². The number of likely N-dealkylation sites (N-methyl/N-ethyl adjacent to an activating group) is 1. The van der Waals surface area contributed by atoms with Gasteiger partial charge in [-0.05, 0) is 38.5 Å². The van der Waals surface area contributed by atoms with Gasteiger partial charge in [-0.15, -0.1) is 0 Å². The van der Waals surface area contributed by atoms with Crippen LogP contribution >= 0.6 is 0 Å². The summed E-state index contributed by atoms with van der Waals surface area (Å²) in [6.07, 6.45) is 1.02. The standard InChI is InChI=1S/C17H31N3/c1-15(2)14-20(13-12-19(3)4)11-10-17(18)16-8-6-5-7-9-16/h5-9,15,17H,10-14,18H2,1-4H3. The van der Waals surface area contributed by atoms with Gasteiger partial charge in [-0.25, -0.2) is 0 Å². The Balaban J connectivity index is 2.44. The molecular weight excluding hydrogens is 246 g/mol. The second-order valence-corrected chi connectivity index (χ2v) is 6.30. The molecule has 0 fully saturated rings. The zero-order chi connectivity index (χ0) is 15.0. The van der Waals surface area contributed by atoms with E-state index in [0.717, 1.165) is 32.6 Å². The maximum absolute atomic E-state index is 6.29. The van der Waals surface area contributed by atoms with Crippen LogP contribution < -0.4 is 5.73 Å². The van der Waals surface area contributed by atoms with Gasteiger partial charge in [0.2, 0.25) is 0 Å². The second-order valence-electron chi connectivity index (χ2n) is 6.30. The molecule has 0 bridgehead atoms. The highest BCUT2D eigenvalue weighted by atomic mass is 15.2. The highest BCUT2D eigenvalue weighted by Gasteiger charge is 2.11. The van der Waals surface area contributed by atoms with E-state index >= 15 is 0 Å². The minimum atomic E-state index is 0.144. The topological polar surface area (TPSA) is 32.5 Å². The predicted molar refractivity (Wildman–Crippen MR) is 87.8 cm³/mol. The van der Waals surface area contributed by atoms with Crippen molar-refractivity contribution in [2.75, 3.05) is 40.3 Å². The first-order valence-corrected chi connectivity index (χ1v) is 7.66. The van der Waals surface area contributed by atoms with E-state index in [1.807, 2.05) is 6.07 Å². The first kappa shape index (κ1) is 17.2. The zero-order valence-corrected chi connectivity index (χ0v) is 13.5. The number of hydrogen-bond donors (Lipinski definition) is 1. The lowest BCUT2D eigenvalue weighted by atomic mass is 10.0. The van der Waals surface area contributed by atoms with Gasteiger partial charge in [0.15, 0.2) is 0 Å². The third-order valence-corrected chi connectivity index (χ3v) is 3.47. The lowest BCUT2D eigenvalue weighted by Gasteiger charge is -2.27. The molecule has 1 aromatic carbocycles. The third kappa shape index (κ3) is 7.04.